The molecule has 5 nitrogen and oxygen atoms in total. The van der Waals surface area contributed by atoms with E-state index < -0.39 is 0 Å². The standard InChI is InChI=1S/C18H21N3O2/c1-4-5-11-13-14-16(20(2)18(23)21(3)17(14)22)19-15(13)12-9-7-6-8-10-12/h6-10,19H,4-5,11H2,1-3H3. The first-order valence-corrected chi connectivity index (χ1v) is 7.92. The summed E-state index contributed by atoms with van der Waals surface area (Å²) < 4.78 is 2.69. The molecular formula is C18H21N3O2. The first-order valence-electron chi connectivity index (χ1n) is 7.92. The van der Waals surface area contributed by atoms with Crippen LogP contribution in [0.1, 0.15) is 25.3 Å². The van der Waals surface area contributed by atoms with Crippen LogP contribution in [0, 0.1) is 0 Å². The lowest BCUT2D eigenvalue weighted by molar-refractivity contribution is 0.709. The fraction of sp³-hybridized carbons (Fsp3) is 0.333. The molecule has 2 heterocycles. The van der Waals surface area contributed by atoms with Gasteiger partial charge in [0.25, 0.3) is 5.56 Å². The Hall–Kier alpha value is -2.56. The SMILES string of the molecule is CCCCc1c(-c2ccccc2)[nH]c2c1c(=O)n(C)c(=O)n2C. The number of aromatic amines is 1. The van der Waals surface area contributed by atoms with Crippen molar-refractivity contribution >= 4 is 11.0 Å². The molecule has 0 saturated heterocycles. The molecule has 23 heavy (non-hydrogen) atoms. The van der Waals surface area contributed by atoms with Gasteiger partial charge in [-0.25, -0.2) is 4.79 Å². The zero-order chi connectivity index (χ0) is 16.6. The van der Waals surface area contributed by atoms with Crippen LogP contribution in [0.2, 0.25) is 0 Å². The number of hydrogen-bond donors (Lipinski definition) is 1. The summed E-state index contributed by atoms with van der Waals surface area (Å²) in [5, 5.41) is 0.627. The zero-order valence-electron chi connectivity index (χ0n) is 13.7. The fourth-order valence-corrected chi connectivity index (χ4v) is 3.04. The number of aryl methyl sites for hydroxylation is 2. The quantitative estimate of drug-likeness (QED) is 0.805. The van der Waals surface area contributed by atoms with Crippen molar-refractivity contribution in [2.75, 3.05) is 0 Å². The second kappa shape index (κ2) is 5.91. The van der Waals surface area contributed by atoms with E-state index in [1.807, 2.05) is 30.3 Å². The molecule has 0 spiro atoms. The maximum Gasteiger partial charge on any atom is 0.332 e. The molecular weight excluding hydrogens is 290 g/mol. The molecule has 0 amide bonds. The molecule has 0 aliphatic rings. The molecule has 0 fully saturated rings. The van der Waals surface area contributed by atoms with Crippen LogP contribution >= 0.6 is 0 Å². The van der Waals surface area contributed by atoms with Crippen LogP contribution in [0.15, 0.2) is 39.9 Å². The number of rotatable bonds is 4. The molecule has 3 rings (SSSR count). The van der Waals surface area contributed by atoms with Crippen molar-refractivity contribution in [1.82, 2.24) is 14.1 Å². The lowest BCUT2D eigenvalue weighted by Crippen LogP contribution is -2.37. The number of aromatic nitrogens is 3. The predicted molar refractivity (Wildman–Crippen MR) is 92.8 cm³/mol. The highest BCUT2D eigenvalue weighted by Crippen LogP contribution is 2.29. The molecule has 0 bridgehead atoms. The predicted octanol–water partition coefficient (Wildman–Crippen LogP) is 2.57. The van der Waals surface area contributed by atoms with Gasteiger partial charge in [0.05, 0.1) is 11.1 Å². The molecule has 0 aliphatic heterocycles. The van der Waals surface area contributed by atoms with E-state index in [0.29, 0.717) is 11.0 Å². The molecule has 3 aromatic rings. The average molecular weight is 311 g/mol. The summed E-state index contributed by atoms with van der Waals surface area (Å²) in [6.45, 7) is 2.13. The molecule has 5 heteroatoms. The summed E-state index contributed by atoms with van der Waals surface area (Å²) in [6.07, 6.45) is 2.86. The number of benzene rings is 1. The summed E-state index contributed by atoms with van der Waals surface area (Å²) in [5.41, 5.74) is 3.03. The van der Waals surface area contributed by atoms with Crippen LogP contribution in [0.4, 0.5) is 0 Å². The molecule has 120 valence electrons. The summed E-state index contributed by atoms with van der Waals surface area (Å²) in [6, 6.07) is 9.95. The van der Waals surface area contributed by atoms with Crippen LogP contribution in [0.25, 0.3) is 22.3 Å². The normalized spacial score (nSPS) is 11.3. The number of nitrogens with one attached hydrogen (secondary N) is 1. The molecule has 0 radical (unpaired) electrons. The third kappa shape index (κ3) is 2.42. The Morgan fingerprint density at radius 3 is 2.39 bits per heavy atom. The van der Waals surface area contributed by atoms with Crippen molar-refractivity contribution in [3.05, 3.63) is 56.7 Å². The van der Waals surface area contributed by atoms with Crippen LogP contribution in [0.5, 0.6) is 0 Å². The molecule has 0 unspecified atom stereocenters. The largest absolute Gasteiger partial charge is 0.340 e. The Morgan fingerprint density at radius 2 is 1.74 bits per heavy atom. The van der Waals surface area contributed by atoms with Gasteiger partial charge < -0.3 is 4.98 Å². The second-order valence-corrected chi connectivity index (χ2v) is 5.88. The van der Waals surface area contributed by atoms with Gasteiger partial charge in [0.2, 0.25) is 0 Å². The lowest BCUT2D eigenvalue weighted by Gasteiger charge is -2.05. The Balaban J connectivity index is 2.41. The third-order valence-corrected chi connectivity index (χ3v) is 4.35. The van der Waals surface area contributed by atoms with Crippen molar-refractivity contribution in [2.24, 2.45) is 14.1 Å². The van der Waals surface area contributed by atoms with Crippen molar-refractivity contribution in [3.8, 4) is 11.3 Å². The van der Waals surface area contributed by atoms with Crippen molar-refractivity contribution < 1.29 is 0 Å². The van der Waals surface area contributed by atoms with E-state index in [-0.39, 0.29) is 11.2 Å². The molecule has 2 aromatic heterocycles. The van der Waals surface area contributed by atoms with Crippen molar-refractivity contribution in [3.63, 3.8) is 0 Å². The minimum Gasteiger partial charge on any atom is -0.340 e. The third-order valence-electron chi connectivity index (χ3n) is 4.35. The van der Waals surface area contributed by atoms with Gasteiger partial charge in [-0.05, 0) is 24.0 Å². The fourth-order valence-electron chi connectivity index (χ4n) is 3.04. The number of nitrogens with zero attached hydrogens (tertiary/aromatic N) is 2. The highest BCUT2D eigenvalue weighted by molar-refractivity contribution is 5.88. The van der Waals surface area contributed by atoms with E-state index in [1.54, 1.807) is 7.05 Å². The summed E-state index contributed by atoms with van der Waals surface area (Å²) in [4.78, 5) is 28.2. The summed E-state index contributed by atoms with van der Waals surface area (Å²) >= 11 is 0. The van der Waals surface area contributed by atoms with E-state index in [2.05, 4.69) is 11.9 Å². The zero-order valence-corrected chi connectivity index (χ0v) is 13.7. The van der Waals surface area contributed by atoms with Gasteiger partial charge in [0.1, 0.15) is 5.65 Å². The van der Waals surface area contributed by atoms with Gasteiger partial charge in [0.15, 0.2) is 0 Å². The molecule has 1 aromatic carbocycles. The number of hydrogen-bond acceptors (Lipinski definition) is 2. The van der Waals surface area contributed by atoms with E-state index in [4.69, 9.17) is 0 Å². The van der Waals surface area contributed by atoms with E-state index in [9.17, 15) is 9.59 Å². The van der Waals surface area contributed by atoms with Gasteiger partial charge in [-0.2, -0.15) is 0 Å². The first kappa shape index (κ1) is 15.3. The summed E-state index contributed by atoms with van der Waals surface area (Å²) in [5.74, 6) is 0. The van der Waals surface area contributed by atoms with Crippen LogP contribution < -0.4 is 11.2 Å². The van der Waals surface area contributed by atoms with Gasteiger partial charge in [-0.15, -0.1) is 0 Å². The van der Waals surface area contributed by atoms with Crippen LogP contribution in [-0.4, -0.2) is 14.1 Å². The molecule has 0 atom stereocenters. The summed E-state index contributed by atoms with van der Waals surface area (Å²) in [7, 11) is 3.22. The Kier molecular flexibility index (Phi) is 3.94. The number of unbranched alkanes of at least 4 members (excludes halogenated alkanes) is 1. The first-order chi connectivity index (χ1) is 11.1. The van der Waals surface area contributed by atoms with E-state index in [1.165, 1.54) is 16.2 Å². The van der Waals surface area contributed by atoms with E-state index >= 15 is 0 Å². The Labute approximate surface area is 134 Å². The molecule has 0 aliphatic carbocycles. The smallest absolute Gasteiger partial charge is 0.332 e. The average Bonchev–Trinajstić information content (AvgIpc) is 2.96. The van der Waals surface area contributed by atoms with Gasteiger partial charge >= 0.3 is 5.69 Å². The lowest BCUT2D eigenvalue weighted by atomic mass is 10.0. The van der Waals surface area contributed by atoms with E-state index in [0.717, 1.165) is 36.1 Å². The molecule has 0 saturated carbocycles. The monoisotopic (exact) mass is 311 g/mol. The Bertz CT molecular complexity index is 962. The number of fused-ring (bicyclic) bond motifs is 1. The highest BCUT2D eigenvalue weighted by atomic mass is 16.2. The van der Waals surface area contributed by atoms with Crippen LogP contribution in [-0.2, 0) is 20.5 Å². The maximum absolute atomic E-state index is 12.7. The van der Waals surface area contributed by atoms with Crippen LogP contribution in [0.3, 0.4) is 0 Å². The second-order valence-electron chi connectivity index (χ2n) is 5.88. The molecule has 1 N–H and O–H groups in total. The van der Waals surface area contributed by atoms with Gasteiger partial charge in [-0.1, -0.05) is 43.7 Å². The maximum atomic E-state index is 12.7. The topological polar surface area (TPSA) is 59.8 Å². The van der Waals surface area contributed by atoms with Gasteiger partial charge in [-0.3, -0.25) is 13.9 Å². The van der Waals surface area contributed by atoms with Gasteiger partial charge in [0, 0.05) is 14.1 Å². The number of H-pyrrole nitrogens is 1. The van der Waals surface area contributed by atoms with Crippen molar-refractivity contribution in [1.29, 1.82) is 0 Å². The minimum atomic E-state index is -0.314. The Morgan fingerprint density at radius 1 is 1.04 bits per heavy atom. The van der Waals surface area contributed by atoms with Crippen molar-refractivity contribution in [2.45, 2.75) is 26.2 Å². The minimum absolute atomic E-state index is 0.229. The highest BCUT2D eigenvalue weighted by Gasteiger charge is 2.19.